The van der Waals surface area contributed by atoms with Crippen molar-refractivity contribution in [1.29, 1.82) is 0 Å². The second-order valence-corrected chi connectivity index (χ2v) is 9.50. The van der Waals surface area contributed by atoms with Crippen LogP contribution in [0.15, 0.2) is 0 Å². The van der Waals surface area contributed by atoms with Crippen molar-refractivity contribution in [1.82, 2.24) is 4.90 Å². The van der Waals surface area contributed by atoms with Gasteiger partial charge in [0.1, 0.15) is 0 Å². The minimum absolute atomic E-state index is 0.271. The first-order valence-electron chi connectivity index (χ1n) is 6.66. The molecule has 0 aliphatic carbocycles. The van der Waals surface area contributed by atoms with Crippen molar-refractivity contribution in [2.45, 2.75) is 31.6 Å². The Morgan fingerprint density at radius 2 is 2.20 bits per heavy atom. The van der Waals surface area contributed by atoms with E-state index >= 15 is 0 Å². The van der Waals surface area contributed by atoms with Crippen molar-refractivity contribution in [2.24, 2.45) is 5.73 Å². The molecule has 0 aromatic rings. The van der Waals surface area contributed by atoms with Crippen molar-refractivity contribution in [2.75, 3.05) is 28.9 Å². The minimum Gasteiger partial charge on any atom is -0.369 e. The van der Waals surface area contributed by atoms with Gasteiger partial charge >= 0.3 is 0 Å². The van der Waals surface area contributed by atoms with Crippen LogP contribution in [0.1, 0.15) is 26.2 Å². The third-order valence-corrected chi connectivity index (χ3v) is 7.77. The van der Waals surface area contributed by atoms with Gasteiger partial charge in [0, 0.05) is 29.6 Å². The molecule has 2 amide bonds. The van der Waals surface area contributed by atoms with Gasteiger partial charge in [0.05, 0.1) is 11.1 Å². The van der Waals surface area contributed by atoms with Crippen LogP contribution in [0.25, 0.3) is 0 Å². The fourth-order valence-electron chi connectivity index (χ4n) is 1.70. The highest BCUT2D eigenvalue weighted by molar-refractivity contribution is 8.76. The maximum Gasteiger partial charge on any atom is 0.228 e. The molecule has 1 saturated heterocycles. The summed E-state index contributed by atoms with van der Waals surface area (Å²) in [5.74, 6) is 2.19. The second kappa shape index (κ2) is 11.0. The van der Waals surface area contributed by atoms with Crippen LogP contribution in [0.2, 0.25) is 0 Å². The molecule has 8 heteroatoms. The number of primary amides is 1. The third kappa shape index (κ3) is 7.38. The van der Waals surface area contributed by atoms with Crippen LogP contribution < -0.4 is 5.73 Å². The summed E-state index contributed by atoms with van der Waals surface area (Å²) in [6.07, 6.45) is 2.66. The van der Waals surface area contributed by atoms with Gasteiger partial charge in [-0.3, -0.25) is 9.59 Å². The maximum absolute atomic E-state index is 12.3. The third-order valence-electron chi connectivity index (χ3n) is 2.72. The van der Waals surface area contributed by atoms with Crippen molar-refractivity contribution in [3.05, 3.63) is 0 Å². The van der Waals surface area contributed by atoms with Crippen LogP contribution in [0, 0.1) is 0 Å². The Labute approximate surface area is 137 Å². The van der Waals surface area contributed by atoms with Crippen molar-refractivity contribution >= 4 is 56.9 Å². The number of hydrogen-bond acceptors (Lipinski definition) is 6. The highest BCUT2D eigenvalue weighted by atomic mass is 33.1. The number of rotatable bonds is 10. The number of carbonyl (C=O) groups is 2. The first-order chi connectivity index (χ1) is 9.65. The van der Waals surface area contributed by atoms with Crippen molar-refractivity contribution < 1.29 is 9.59 Å². The molecular weight excluding hydrogens is 332 g/mol. The van der Waals surface area contributed by atoms with E-state index in [2.05, 4.69) is 6.92 Å². The first kappa shape index (κ1) is 18.4. The van der Waals surface area contributed by atoms with Crippen LogP contribution in [0.4, 0.5) is 0 Å². The maximum atomic E-state index is 12.3. The Balaban J connectivity index is 2.33. The summed E-state index contributed by atoms with van der Waals surface area (Å²) in [5.41, 5.74) is 5.09. The highest BCUT2D eigenvalue weighted by Gasteiger charge is 2.26. The van der Waals surface area contributed by atoms with Gasteiger partial charge < -0.3 is 10.6 Å². The predicted octanol–water partition coefficient (Wildman–Crippen LogP) is 2.64. The summed E-state index contributed by atoms with van der Waals surface area (Å²) >= 11 is 3.75. The van der Waals surface area contributed by atoms with Gasteiger partial charge in [-0.15, -0.1) is 23.5 Å². The molecule has 0 aromatic heterocycles. The van der Waals surface area contributed by atoms with Crippen LogP contribution in [0.5, 0.6) is 0 Å². The lowest BCUT2D eigenvalue weighted by atomic mass is 10.2. The molecule has 0 unspecified atom stereocenters. The summed E-state index contributed by atoms with van der Waals surface area (Å²) in [7, 11) is 3.08. The molecule has 0 bridgehead atoms. The van der Waals surface area contributed by atoms with Crippen molar-refractivity contribution in [3.63, 3.8) is 0 Å². The van der Waals surface area contributed by atoms with Crippen molar-refractivity contribution in [3.8, 4) is 0 Å². The predicted molar refractivity (Wildman–Crippen MR) is 94.1 cm³/mol. The van der Waals surface area contributed by atoms with Gasteiger partial charge in [-0.05, 0) is 6.42 Å². The van der Waals surface area contributed by atoms with Gasteiger partial charge in [0.25, 0.3) is 0 Å². The summed E-state index contributed by atoms with van der Waals surface area (Å²) in [6.45, 7) is 2.87. The second-order valence-electron chi connectivity index (χ2n) is 4.35. The van der Waals surface area contributed by atoms with Gasteiger partial charge in [0.2, 0.25) is 11.8 Å². The molecule has 1 heterocycles. The van der Waals surface area contributed by atoms with Gasteiger partial charge in [0.15, 0.2) is 0 Å². The normalized spacial score (nSPS) is 18.1. The zero-order valence-electron chi connectivity index (χ0n) is 11.7. The molecule has 1 aliphatic heterocycles. The number of nitrogens with two attached hydrogens (primary N) is 1. The van der Waals surface area contributed by atoms with E-state index < -0.39 is 0 Å². The van der Waals surface area contributed by atoms with Gasteiger partial charge in [-0.2, -0.15) is 0 Å². The Morgan fingerprint density at radius 1 is 1.40 bits per heavy atom. The fraction of sp³-hybridized carbons (Fsp3) is 0.833. The van der Waals surface area contributed by atoms with Gasteiger partial charge in [-0.1, -0.05) is 34.9 Å². The molecule has 116 valence electrons. The topological polar surface area (TPSA) is 63.4 Å². The highest BCUT2D eigenvalue weighted by Crippen LogP contribution is 2.33. The molecule has 1 rings (SSSR count). The average molecular weight is 355 g/mol. The standard InChI is InChI=1S/C12H22N2O2S4/c1-2-3-4-11(16)14(12-8-17-9-18-12)5-6-19-20-7-10(13)15/h12H,2-9H2,1H3,(H2,13,15)/t12-/m1/s1. The van der Waals surface area contributed by atoms with E-state index in [-0.39, 0.29) is 11.8 Å². The summed E-state index contributed by atoms with van der Waals surface area (Å²) in [6, 6.07) is 0. The molecule has 0 aromatic carbocycles. The smallest absolute Gasteiger partial charge is 0.228 e. The molecule has 0 radical (unpaired) electrons. The van der Waals surface area contributed by atoms with Crippen LogP contribution >= 0.6 is 45.1 Å². The molecule has 1 aliphatic rings. The van der Waals surface area contributed by atoms with E-state index in [4.69, 9.17) is 5.73 Å². The Bertz CT molecular complexity index is 312. The minimum atomic E-state index is -0.291. The Morgan fingerprint density at radius 3 is 2.80 bits per heavy atom. The fourth-order valence-corrected chi connectivity index (χ4v) is 6.32. The van der Waals surface area contributed by atoms with Crippen LogP contribution in [-0.4, -0.2) is 51.0 Å². The zero-order chi connectivity index (χ0) is 14.8. The van der Waals surface area contributed by atoms with E-state index in [1.165, 1.54) is 10.8 Å². The number of amides is 2. The number of hydrogen-bond donors (Lipinski definition) is 1. The van der Waals surface area contributed by atoms with Crippen LogP contribution in [0.3, 0.4) is 0 Å². The van der Waals surface area contributed by atoms with E-state index in [1.807, 2.05) is 28.4 Å². The average Bonchev–Trinajstić information content (AvgIpc) is 2.93. The largest absolute Gasteiger partial charge is 0.369 e. The number of nitrogens with zero attached hydrogens (tertiary/aromatic N) is 1. The van der Waals surface area contributed by atoms with E-state index in [1.54, 1.807) is 10.8 Å². The lowest BCUT2D eigenvalue weighted by Crippen LogP contribution is -2.40. The monoisotopic (exact) mass is 354 g/mol. The number of thioether (sulfide) groups is 2. The number of carbonyl (C=O) groups excluding carboxylic acids is 2. The van der Waals surface area contributed by atoms with E-state index in [0.29, 0.717) is 17.5 Å². The SMILES string of the molecule is CCCCC(=O)N(CCSSCC(N)=O)[C@H]1CSCS1. The molecule has 2 N–H and O–H groups in total. The molecule has 0 saturated carbocycles. The molecule has 1 atom stereocenters. The zero-order valence-corrected chi connectivity index (χ0v) is 15.0. The number of unbranched alkanes of at least 4 members (excludes halogenated alkanes) is 1. The molecule has 20 heavy (non-hydrogen) atoms. The van der Waals surface area contributed by atoms with Crippen LogP contribution in [-0.2, 0) is 9.59 Å². The molecule has 4 nitrogen and oxygen atoms in total. The first-order valence-corrected chi connectivity index (χ1v) is 11.4. The molecular formula is C12H22N2O2S4. The van der Waals surface area contributed by atoms with E-state index in [0.717, 1.165) is 36.0 Å². The van der Waals surface area contributed by atoms with Gasteiger partial charge in [-0.25, -0.2) is 0 Å². The Kier molecular flexibility index (Phi) is 10.1. The molecule has 0 spiro atoms. The quantitative estimate of drug-likeness (QED) is 0.481. The lowest BCUT2D eigenvalue weighted by Gasteiger charge is -2.27. The summed E-state index contributed by atoms with van der Waals surface area (Å²) < 4.78 is 0. The summed E-state index contributed by atoms with van der Waals surface area (Å²) in [4.78, 5) is 24.9. The molecule has 1 fully saturated rings. The summed E-state index contributed by atoms with van der Waals surface area (Å²) in [5, 5.41) is 1.40. The lowest BCUT2D eigenvalue weighted by molar-refractivity contribution is -0.131. The van der Waals surface area contributed by atoms with E-state index in [9.17, 15) is 9.59 Å². The Hall–Kier alpha value is 0.340.